The SMILES string of the molecule is Cc1cc(N2CC[C@H](N)C2)cnc1N1CCN2C(C)CN(c3ccc(C#N)c4[nH]c(=O)ccc34)CC2C1. The number of anilines is 3. The van der Waals surface area contributed by atoms with E-state index in [0.717, 1.165) is 74.8 Å². The van der Waals surface area contributed by atoms with Crippen LogP contribution in [0.4, 0.5) is 17.2 Å². The van der Waals surface area contributed by atoms with E-state index in [4.69, 9.17) is 10.7 Å². The highest BCUT2D eigenvalue weighted by Gasteiger charge is 2.37. The van der Waals surface area contributed by atoms with Gasteiger partial charge in [0.1, 0.15) is 11.9 Å². The predicted octanol–water partition coefficient (Wildman–Crippen LogP) is 2.04. The Morgan fingerprint density at radius 3 is 2.65 bits per heavy atom. The van der Waals surface area contributed by atoms with E-state index in [0.29, 0.717) is 23.2 Å². The third kappa shape index (κ3) is 4.30. The topological polar surface area (TPSA) is 109 Å². The largest absolute Gasteiger partial charge is 0.369 e. The highest BCUT2D eigenvalue weighted by molar-refractivity contribution is 5.95. The summed E-state index contributed by atoms with van der Waals surface area (Å²) >= 11 is 0. The predicted molar refractivity (Wildman–Crippen MR) is 147 cm³/mol. The molecule has 3 aliphatic rings. The van der Waals surface area contributed by atoms with Crippen molar-refractivity contribution in [2.24, 2.45) is 5.73 Å². The molecule has 9 nitrogen and oxygen atoms in total. The summed E-state index contributed by atoms with van der Waals surface area (Å²) in [6, 6.07) is 12.7. The lowest BCUT2D eigenvalue weighted by molar-refractivity contribution is 0.108. The summed E-state index contributed by atoms with van der Waals surface area (Å²) in [6.45, 7) is 11.0. The second-order valence-electron chi connectivity index (χ2n) is 10.8. The second-order valence-corrected chi connectivity index (χ2v) is 10.8. The zero-order chi connectivity index (χ0) is 25.7. The number of H-pyrrole nitrogens is 1. The van der Waals surface area contributed by atoms with Crippen LogP contribution in [0.15, 0.2) is 41.3 Å². The Morgan fingerprint density at radius 2 is 1.89 bits per heavy atom. The lowest BCUT2D eigenvalue weighted by Crippen LogP contribution is -2.65. The Morgan fingerprint density at radius 1 is 1.05 bits per heavy atom. The van der Waals surface area contributed by atoms with Crippen LogP contribution >= 0.6 is 0 Å². The molecular weight excluding hydrogens is 464 g/mol. The van der Waals surface area contributed by atoms with Crippen LogP contribution in [-0.4, -0.2) is 78.8 Å². The summed E-state index contributed by atoms with van der Waals surface area (Å²) in [7, 11) is 0. The van der Waals surface area contributed by atoms with Crippen LogP contribution in [0.5, 0.6) is 0 Å². The maximum absolute atomic E-state index is 12.0. The van der Waals surface area contributed by atoms with Gasteiger partial charge in [-0.25, -0.2) is 4.98 Å². The van der Waals surface area contributed by atoms with Crippen molar-refractivity contribution >= 4 is 28.1 Å². The Hall–Kier alpha value is -3.61. The van der Waals surface area contributed by atoms with Gasteiger partial charge in [-0.2, -0.15) is 5.26 Å². The van der Waals surface area contributed by atoms with Crippen LogP contribution in [0.2, 0.25) is 0 Å². The van der Waals surface area contributed by atoms with Gasteiger partial charge in [0.25, 0.3) is 0 Å². The van der Waals surface area contributed by atoms with Gasteiger partial charge in [-0.1, -0.05) is 0 Å². The summed E-state index contributed by atoms with van der Waals surface area (Å²) in [4.78, 5) is 29.6. The van der Waals surface area contributed by atoms with Gasteiger partial charge in [0, 0.05) is 81.1 Å². The smallest absolute Gasteiger partial charge is 0.248 e. The molecule has 3 N–H and O–H groups in total. The first-order chi connectivity index (χ1) is 17.9. The van der Waals surface area contributed by atoms with Crippen molar-refractivity contribution in [2.75, 3.05) is 60.5 Å². The third-order valence-corrected chi connectivity index (χ3v) is 8.27. The van der Waals surface area contributed by atoms with Gasteiger partial charge in [-0.15, -0.1) is 0 Å². The molecule has 2 unspecified atom stereocenters. The number of aromatic amines is 1. The van der Waals surface area contributed by atoms with E-state index in [1.54, 1.807) is 6.07 Å². The molecule has 0 amide bonds. The minimum atomic E-state index is -0.191. The number of aryl methyl sites for hydroxylation is 1. The zero-order valence-corrected chi connectivity index (χ0v) is 21.5. The summed E-state index contributed by atoms with van der Waals surface area (Å²) in [5.41, 5.74) is 10.5. The molecule has 192 valence electrons. The molecule has 1 aromatic carbocycles. The van der Waals surface area contributed by atoms with E-state index in [1.165, 1.54) is 5.56 Å². The maximum Gasteiger partial charge on any atom is 0.248 e. The molecule has 0 saturated carbocycles. The zero-order valence-electron chi connectivity index (χ0n) is 21.5. The first-order valence-electron chi connectivity index (χ1n) is 13.2. The molecular formula is C28H34N8O. The number of hydrogen-bond donors (Lipinski definition) is 2. The van der Waals surface area contributed by atoms with Gasteiger partial charge in [-0.05, 0) is 50.1 Å². The standard InChI is InChI=1S/C28H34N8O/c1-18-11-22(33-8-7-21(30)15-33)13-31-28(18)34-9-10-36-19(2)14-35(17-23(36)16-34)25-5-3-20(12-29)27-24(25)4-6-26(37)32-27/h3-6,11,13,19,21,23H,7-10,14-17,30H2,1-2H3,(H,32,37)/t19?,21-,23?/m0/s1. The van der Waals surface area contributed by atoms with Gasteiger partial charge < -0.3 is 25.4 Å². The van der Waals surface area contributed by atoms with Crippen molar-refractivity contribution in [3.8, 4) is 6.07 Å². The van der Waals surface area contributed by atoms with Crippen molar-refractivity contribution in [3.05, 3.63) is 58.0 Å². The van der Waals surface area contributed by atoms with Gasteiger partial charge in [-0.3, -0.25) is 9.69 Å². The normalized spacial score (nSPS) is 24.4. The first-order valence-corrected chi connectivity index (χ1v) is 13.2. The Labute approximate surface area is 217 Å². The molecule has 0 aliphatic carbocycles. The molecule has 9 heteroatoms. The molecule has 3 atom stereocenters. The van der Waals surface area contributed by atoms with E-state index in [1.807, 2.05) is 24.4 Å². The van der Waals surface area contributed by atoms with Crippen molar-refractivity contribution in [1.82, 2.24) is 14.9 Å². The molecule has 2 aromatic heterocycles. The number of pyridine rings is 2. The minimum absolute atomic E-state index is 0.191. The quantitative estimate of drug-likeness (QED) is 0.565. The highest BCUT2D eigenvalue weighted by Crippen LogP contribution is 2.33. The fraction of sp³-hybridized carbons (Fsp3) is 0.464. The molecule has 0 spiro atoms. The van der Waals surface area contributed by atoms with Crippen LogP contribution in [0, 0.1) is 18.3 Å². The molecule has 3 fully saturated rings. The summed E-state index contributed by atoms with van der Waals surface area (Å²) < 4.78 is 0. The Balaban J connectivity index is 1.25. The van der Waals surface area contributed by atoms with Gasteiger partial charge in [0.2, 0.25) is 5.56 Å². The molecule has 0 radical (unpaired) electrons. The van der Waals surface area contributed by atoms with Crippen LogP contribution in [0.25, 0.3) is 10.9 Å². The second kappa shape index (κ2) is 9.36. The Kier molecular flexibility index (Phi) is 6.01. The van der Waals surface area contributed by atoms with Crippen LogP contribution < -0.4 is 26.0 Å². The number of hydrogen-bond acceptors (Lipinski definition) is 8. The average molecular weight is 499 g/mol. The number of benzene rings is 1. The average Bonchev–Trinajstić information content (AvgIpc) is 3.33. The van der Waals surface area contributed by atoms with E-state index in [2.05, 4.69) is 50.6 Å². The first kappa shape index (κ1) is 23.8. The molecule has 37 heavy (non-hydrogen) atoms. The summed E-state index contributed by atoms with van der Waals surface area (Å²) in [6.07, 6.45) is 3.04. The summed E-state index contributed by atoms with van der Waals surface area (Å²) in [5.74, 6) is 1.07. The van der Waals surface area contributed by atoms with Crippen LogP contribution in [-0.2, 0) is 0 Å². The Bertz CT molecular complexity index is 1430. The van der Waals surface area contributed by atoms with Crippen molar-refractivity contribution in [3.63, 3.8) is 0 Å². The van der Waals surface area contributed by atoms with E-state index < -0.39 is 0 Å². The van der Waals surface area contributed by atoms with Crippen molar-refractivity contribution < 1.29 is 0 Å². The number of nitrogens with one attached hydrogen (secondary N) is 1. The molecule has 3 saturated heterocycles. The molecule has 5 heterocycles. The third-order valence-electron chi connectivity index (χ3n) is 8.27. The summed E-state index contributed by atoms with van der Waals surface area (Å²) in [5, 5.41) is 10.5. The number of nitrogens with zero attached hydrogens (tertiary/aromatic N) is 6. The van der Waals surface area contributed by atoms with E-state index in [-0.39, 0.29) is 11.6 Å². The van der Waals surface area contributed by atoms with Crippen molar-refractivity contribution in [1.29, 1.82) is 5.26 Å². The number of fused-ring (bicyclic) bond motifs is 2. The number of nitriles is 1. The van der Waals surface area contributed by atoms with E-state index in [9.17, 15) is 10.1 Å². The lowest BCUT2D eigenvalue weighted by atomic mass is 10.0. The lowest BCUT2D eigenvalue weighted by Gasteiger charge is -2.51. The van der Waals surface area contributed by atoms with Gasteiger partial charge in [0.15, 0.2) is 0 Å². The van der Waals surface area contributed by atoms with Crippen LogP contribution in [0.3, 0.4) is 0 Å². The number of piperazine rings is 2. The fourth-order valence-electron chi connectivity index (χ4n) is 6.44. The highest BCUT2D eigenvalue weighted by atomic mass is 16.1. The van der Waals surface area contributed by atoms with Crippen molar-refractivity contribution in [2.45, 2.75) is 38.4 Å². The van der Waals surface area contributed by atoms with Gasteiger partial charge in [0.05, 0.1) is 23.0 Å². The number of aromatic nitrogens is 2. The van der Waals surface area contributed by atoms with E-state index >= 15 is 0 Å². The number of rotatable bonds is 3. The van der Waals surface area contributed by atoms with Gasteiger partial charge >= 0.3 is 0 Å². The minimum Gasteiger partial charge on any atom is -0.369 e. The molecule has 0 bridgehead atoms. The molecule has 6 rings (SSSR count). The number of nitrogens with two attached hydrogens (primary N) is 1. The fourth-order valence-corrected chi connectivity index (χ4v) is 6.44. The monoisotopic (exact) mass is 498 g/mol. The molecule has 3 aromatic rings. The maximum atomic E-state index is 12.0. The molecule has 3 aliphatic heterocycles. The van der Waals surface area contributed by atoms with Crippen LogP contribution in [0.1, 0.15) is 24.5 Å².